The van der Waals surface area contributed by atoms with Crippen molar-refractivity contribution in [3.63, 3.8) is 0 Å². The first-order chi connectivity index (χ1) is 9.58. The van der Waals surface area contributed by atoms with E-state index in [1.165, 1.54) is 0 Å². The van der Waals surface area contributed by atoms with Gasteiger partial charge in [0, 0.05) is 6.04 Å². The zero-order valence-electron chi connectivity index (χ0n) is 11.0. The van der Waals surface area contributed by atoms with Gasteiger partial charge in [0.15, 0.2) is 17.5 Å². The number of carbonyl (C=O) groups excluding carboxylic acids is 1. The van der Waals surface area contributed by atoms with Gasteiger partial charge in [-0.1, -0.05) is 25.7 Å². The van der Waals surface area contributed by atoms with Gasteiger partial charge < -0.3 is 10.6 Å². The van der Waals surface area contributed by atoms with Gasteiger partial charge in [-0.25, -0.2) is 18.0 Å². The number of urea groups is 1. The maximum atomic E-state index is 13.4. The third kappa shape index (κ3) is 3.65. The third-order valence-corrected chi connectivity index (χ3v) is 3.47. The van der Waals surface area contributed by atoms with Gasteiger partial charge in [0.1, 0.15) is 0 Å². The first-order valence-electron chi connectivity index (χ1n) is 6.79. The molecule has 0 aliphatic heterocycles. The number of amides is 2. The molecule has 0 saturated heterocycles. The average molecular weight is 286 g/mol. The van der Waals surface area contributed by atoms with Crippen LogP contribution in [0.25, 0.3) is 0 Å². The molecule has 1 aliphatic rings. The second kappa shape index (κ2) is 6.63. The Bertz CT molecular complexity index is 486. The Balaban J connectivity index is 1.95. The summed E-state index contributed by atoms with van der Waals surface area (Å²) in [5.74, 6) is -4.25. The van der Waals surface area contributed by atoms with E-state index in [9.17, 15) is 18.0 Å². The summed E-state index contributed by atoms with van der Waals surface area (Å²) >= 11 is 0. The molecular formula is C14H17F3N2O. The monoisotopic (exact) mass is 286 g/mol. The third-order valence-electron chi connectivity index (χ3n) is 3.47. The van der Waals surface area contributed by atoms with Crippen molar-refractivity contribution in [3.05, 3.63) is 29.6 Å². The van der Waals surface area contributed by atoms with Crippen LogP contribution in [0, 0.1) is 17.5 Å². The van der Waals surface area contributed by atoms with E-state index < -0.39 is 23.5 Å². The van der Waals surface area contributed by atoms with Gasteiger partial charge in [-0.2, -0.15) is 0 Å². The lowest BCUT2D eigenvalue weighted by Crippen LogP contribution is -2.37. The number of benzene rings is 1. The van der Waals surface area contributed by atoms with Gasteiger partial charge in [-0.3, -0.25) is 0 Å². The molecule has 1 aromatic rings. The second-order valence-corrected chi connectivity index (χ2v) is 5.01. The Morgan fingerprint density at radius 1 is 1.00 bits per heavy atom. The van der Waals surface area contributed by atoms with Crippen molar-refractivity contribution in [2.45, 2.75) is 44.6 Å². The van der Waals surface area contributed by atoms with Crippen molar-refractivity contribution in [2.75, 3.05) is 5.32 Å². The topological polar surface area (TPSA) is 41.1 Å². The highest BCUT2D eigenvalue weighted by Crippen LogP contribution is 2.20. The number of rotatable bonds is 2. The number of carbonyl (C=O) groups is 1. The van der Waals surface area contributed by atoms with E-state index in [1.807, 2.05) is 0 Å². The van der Waals surface area contributed by atoms with Crippen LogP contribution in [0.3, 0.4) is 0 Å². The SMILES string of the molecule is O=C(Nc1ccc(F)c(F)c1F)NC1CCCCCC1. The fourth-order valence-corrected chi connectivity index (χ4v) is 2.39. The normalized spacial score (nSPS) is 16.6. The van der Waals surface area contributed by atoms with Crippen molar-refractivity contribution >= 4 is 11.7 Å². The quantitative estimate of drug-likeness (QED) is 0.627. The van der Waals surface area contributed by atoms with Crippen LogP contribution in [0.15, 0.2) is 12.1 Å². The molecule has 1 saturated carbocycles. The van der Waals surface area contributed by atoms with Gasteiger partial charge in [0.25, 0.3) is 0 Å². The van der Waals surface area contributed by atoms with Crippen molar-refractivity contribution in [3.8, 4) is 0 Å². The fraction of sp³-hybridized carbons (Fsp3) is 0.500. The molecule has 0 bridgehead atoms. The van der Waals surface area contributed by atoms with Crippen LogP contribution in [-0.2, 0) is 0 Å². The Labute approximate surface area is 115 Å². The Morgan fingerprint density at radius 2 is 1.65 bits per heavy atom. The van der Waals surface area contributed by atoms with E-state index in [4.69, 9.17) is 0 Å². The Morgan fingerprint density at radius 3 is 2.30 bits per heavy atom. The summed E-state index contributed by atoms with van der Waals surface area (Å²) in [6.07, 6.45) is 6.16. The molecule has 0 aromatic heterocycles. The minimum Gasteiger partial charge on any atom is -0.335 e. The predicted octanol–water partition coefficient (Wildman–Crippen LogP) is 3.95. The maximum absolute atomic E-state index is 13.4. The standard InChI is InChI=1S/C14H17F3N2O/c15-10-7-8-11(13(17)12(10)16)19-14(20)18-9-5-3-1-2-4-6-9/h7-9H,1-6H2,(H2,18,19,20). The van der Waals surface area contributed by atoms with Crippen LogP contribution in [0.1, 0.15) is 38.5 Å². The van der Waals surface area contributed by atoms with Crippen LogP contribution in [0.4, 0.5) is 23.7 Å². The maximum Gasteiger partial charge on any atom is 0.319 e. The average Bonchev–Trinajstić information content (AvgIpc) is 2.68. The molecule has 1 aliphatic carbocycles. The zero-order chi connectivity index (χ0) is 14.5. The molecule has 2 N–H and O–H groups in total. The largest absolute Gasteiger partial charge is 0.335 e. The minimum absolute atomic E-state index is 0.0471. The molecule has 110 valence electrons. The lowest BCUT2D eigenvalue weighted by molar-refractivity contribution is 0.247. The van der Waals surface area contributed by atoms with Gasteiger partial charge in [0.2, 0.25) is 0 Å². The van der Waals surface area contributed by atoms with Crippen LogP contribution in [0.2, 0.25) is 0 Å². The summed E-state index contributed by atoms with van der Waals surface area (Å²) in [4.78, 5) is 11.7. The zero-order valence-corrected chi connectivity index (χ0v) is 11.0. The first-order valence-corrected chi connectivity index (χ1v) is 6.79. The second-order valence-electron chi connectivity index (χ2n) is 5.01. The van der Waals surface area contributed by atoms with Crippen molar-refractivity contribution in [1.82, 2.24) is 5.32 Å². The van der Waals surface area contributed by atoms with Crippen LogP contribution >= 0.6 is 0 Å². The molecule has 0 unspecified atom stereocenters. The van der Waals surface area contributed by atoms with Crippen molar-refractivity contribution < 1.29 is 18.0 Å². The van der Waals surface area contributed by atoms with E-state index in [0.717, 1.165) is 50.7 Å². The van der Waals surface area contributed by atoms with Gasteiger partial charge in [-0.15, -0.1) is 0 Å². The van der Waals surface area contributed by atoms with Gasteiger partial charge >= 0.3 is 6.03 Å². The van der Waals surface area contributed by atoms with Crippen molar-refractivity contribution in [2.24, 2.45) is 0 Å². The van der Waals surface area contributed by atoms with E-state index in [-0.39, 0.29) is 11.7 Å². The molecule has 0 radical (unpaired) electrons. The molecule has 3 nitrogen and oxygen atoms in total. The summed E-state index contributed by atoms with van der Waals surface area (Å²) in [5, 5.41) is 4.95. The number of halogens is 3. The Kier molecular flexibility index (Phi) is 4.87. The van der Waals surface area contributed by atoms with Crippen LogP contribution in [0.5, 0.6) is 0 Å². The lowest BCUT2D eigenvalue weighted by atomic mass is 10.1. The van der Waals surface area contributed by atoms with Crippen LogP contribution in [-0.4, -0.2) is 12.1 Å². The number of nitrogens with one attached hydrogen (secondary N) is 2. The molecule has 0 spiro atoms. The van der Waals surface area contributed by atoms with E-state index >= 15 is 0 Å². The molecule has 6 heteroatoms. The van der Waals surface area contributed by atoms with E-state index in [1.54, 1.807) is 0 Å². The summed E-state index contributed by atoms with van der Waals surface area (Å²) in [6.45, 7) is 0. The number of anilines is 1. The summed E-state index contributed by atoms with van der Waals surface area (Å²) in [6, 6.07) is 1.23. The molecule has 2 rings (SSSR count). The minimum atomic E-state index is -1.59. The Hall–Kier alpha value is -1.72. The fourth-order valence-electron chi connectivity index (χ4n) is 2.39. The summed E-state index contributed by atoms with van der Waals surface area (Å²) in [7, 11) is 0. The molecule has 1 fully saturated rings. The van der Waals surface area contributed by atoms with E-state index in [0.29, 0.717) is 0 Å². The highest BCUT2D eigenvalue weighted by molar-refractivity contribution is 5.89. The molecule has 1 aromatic carbocycles. The first kappa shape index (κ1) is 14.7. The van der Waals surface area contributed by atoms with Crippen molar-refractivity contribution in [1.29, 1.82) is 0 Å². The highest BCUT2D eigenvalue weighted by atomic mass is 19.2. The van der Waals surface area contributed by atoms with Gasteiger partial charge in [-0.05, 0) is 25.0 Å². The number of hydrogen-bond acceptors (Lipinski definition) is 1. The van der Waals surface area contributed by atoms with Gasteiger partial charge in [0.05, 0.1) is 5.69 Å². The summed E-state index contributed by atoms with van der Waals surface area (Å²) < 4.78 is 39.2. The predicted molar refractivity (Wildman–Crippen MR) is 70.0 cm³/mol. The molecule has 2 amide bonds. The molecular weight excluding hydrogens is 269 g/mol. The smallest absolute Gasteiger partial charge is 0.319 e. The van der Waals surface area contributed by atoms with E-state index in [2.05, 4.69) is 10.6 Å². The highest BCUT2D eigenvalue weighted by Gasteiger charge is 2.18. The molecule has 0 heterocycles. The van der Waals surface area contributed by atoms with Crippen LogP contribution < -0.4 is 10.6 Å². The summed E-state index contributed by atoms with van der Waals surface area (Å²) in [5.41, 5.74) is -0.366. The molecule has 20 heavy (non-hydrogen) atoms. The number of hydrogen-bond donors (Lipinski definition) is 2. The lowest BCUT2D eigenvalue weighted by Gasteiger charge is -2.17. The molecule has 0 atom stereocenters.